The van der Waals surface area contributed by atoms with Crippen molar-refractivity contribution in [3.8, 4) is 0 Å². The van der Waals surface area contributed by atoms with E-state index in [1.165, 1.54) is 250 Å². The molecule has 0 aromatic carbocycles. The van der Waals surface area contributed by atoms with E-state index in [1.54, 1.807) is 0 Å². The zero-order chi connectivity index (χ0) is 41.7. The van der Waals surface area contributed by atoms with Crippen LogP contribution in [-0.2, 0) is 4.80 Å². The van der Waals surface area contributed by atoms with Crippen LogP contribution in [0.25, 0.3) is 0 Å². The van der Waals surface area contributed by atoms with Gasteiger partial charge in [-0.1, -0.05) is 293 Å². The quantitative estimate of drug-likeness (QED) is 0.0433. The first kappa shape index (κ1) is 56.2. The minimum atomic E-state index is -2.33. The molecular weight excluding hydrogens is 693 g/mol. The van der Waals surface area contributed by atoms with Crippen molar-refractivity contribution < 1.29 is 4.80 Å². The Labute approximate surface area is 358 Å². The van der Waals surface area contributed by atoms with Gasteiger partial charge < -0.3 is 0 Å². The Morgan fingerprint density at radius 2 is 0.339 bits per heavy atom. The molecule has 0 aliphatic rings. The first-order valence-electron chi connectivity index (χ1n) is 26.3. The van der Waals surface area contributed by atoms with Gasteiger partial charge in [0.1, 0.15) is 0 Å². The molecule has 0 rings (SSSR count). The van der Waals surface area contributed by atoms with Crippen LogP contribution >= 0.6 is 0 Å². The van der Waals surface area contributed by atoms with Gasteiger partial charge in [0.05, 0.1) is 0 Å². The van der Waals surface area contributed by atoms with Crippen LogP contribution in [-0.4, -0.2) is 8.32 Å². The van der Waals surface area contributed by atoms with E-state index in [2.05, 4.69) is 62.3 Å². The predicted octanol–water partition coefficient (Wildman–Crippen LogP) is 20.7. The number of unbranched alkanes of at least 4 members (excludes halogenated alkanes) is 33. The Morgan fingerprint density at radius 1 is 0.214 bits per heavy atom. The summed E-state index contributed by atoms with van der Waals surface area (Å²) in [7, 11) is -2.33. The highest BCUT2D eigenvalue weighted by atomic mass is 28.4. The molecular formula is C54H111OSi. The number of hydrogen-bond donors (Lipinski definition) is 0. The average molecular weight is 805 g/mol. The highest BCUT2D eigenvalue weighted by molar-refractivity contribution is 6.72. The van der Waals surface area contributed by atoms with Crippen LogP contribution in [0.15, 0.2) is 0 Å². The lowest BCUT2D eigenvalue weighted by Gasteiger charge is -2.23. The molecule has 337 valence electrons. The summed E-state index contributed by atoms with van der Waals surface area (Å²) < 4.78 is 0. The molecule has 0 aromatic heterocycles. The van der Waals surface area contributed by atoms with E-state index in [0.717, 1.165) is 18.1 Å². The van der Waals surface area contributed by atoms with Gasteiger partial charge in [0, 0.05) is 0 Å². The van der Waals surface area contributed by atoms with E-state index in [-0.39, 0.29) is 0 Å². The van der Waals surface area contributed by atoms with E-state index in [9.17, 15) is 4.80 Å². The van der Waals surface area contributed by atoms with Gasteiger partial charge in [0.25, 0.3) is 0 Å². The minimum Gasteiger partial charge on any atom is -0.297 e. The predicted molar refractivity (Wildman–Crippen MR) is 259 cm³/mol. The van der Waals surface area contributed by atoms with Gasteiger partial charge in [0.15, 0.2) is 0 Å². The lowest BCUT2D eigenvalue weighted by Crippen LogP contribution is -2.32. The Kier molecular flexibility index (Phi) is 37.1. The second kappa shape index (κ2) is 37.0. The zero-order valence-electron chi connectivity index (χ0n) is 41.1. The molecule has 56 heavy (non-hydrogen) atoms. The smallest absolute Gasteiger partial charge is 0.237 e. The summed E-state index contributed by atoms with van der Waals surface area (Å²) in [6, 6.07) is 3.23. The molecule has 0 bridgehead atoms. The molecule has 0 fully saturated rings. The Hall–Kier alpha value is 0.177. The van der Waals surface area contributed by atoms with Crippen LogP contribution in [0.3, 0.4) is 0 Å². The van der Waals surface area contributed by atoms with Crippen molar-refractivity contribution in [2.24, 2.45) is 16.2 Å². The third kappa shape index (κ3) is 46.9. The molecule has 1 radical (unpaired) electrons. The normalized spacial score (nSPS) is 13.0. The molecule has 0 N–H and O–H groups in total. The van der Waals surface area contributed by atoms with Gasteiger partial charge in [-0.3, -0.25) is 4.80 Å². The molecule has 0 saturated carbocycles. The van der Waals surface area contributed by atoms with Gasteiger partial charge in [-0.05, 0) is 53.6 Å². The highest BCUT2D eigenvalue weighted by Gasteiger charge is 2.31. The second-order valence-corrected chi connectivity index (χ2v) is 27.0. The van der Waals surface area contributed by atoms with Crippen LogP contribution in [0.2, 0.25) is 18.1 Å². The average Bonchev–Trinajstić information content (AvgIpc) is 3.10. The van der Waals surface area contributed by atoms with Crippen LogP contribution < -0.4 is 0 Å². The first-order valence-corrected chi connectivity index (χ1v) is 28.9. The van der Waals surface area contributed by atoms with Gasteiger partial charge in [-0.25, -0.2) is 0 Å². The fourth-order valence-electron chi connectivity index (χ4n) is 8.99. The van der Waals surface area contributed by atoms with Crippen LogP contribution in [0.4, 0.5) is 0 Å². The summed E-state index contributed by atoms with van der Waals surface area (Å²) in [5, 5.41) is 0. The fourth-order valence-corrected chi connectivity index (χ4v) is 12.4. The van der Waals surface area contributed by atoms with Crippen molar-refractivity contribution in [3.63, 3.8) is 0 Å². The maximum absolute atomic E-state index is 14.3. The topological polar surface area (TPSA) is 19.9 Å². The summed E-state index contributed by atoms with van der Waals surface area (Å²) in [6.45, 7) is 21.3. The SMILES string of the molecule is CC(C)(C)CCCCCCCCCCCCCC[Si]([O])(CCCCCCCCCCCCCCC(C)(C)C)CCCCCCCCCCCCCCC(C)(C)C. The lowest BCUT2D eigenvalue weighted by molar-refractivity contribution is 0.356. The van der Waals surface area contributed by atoms with E-state index in [4.69, 9.17) is 0 Å². The molecule has 1 nitrogen and oxygen atoms in total. The van der Waals surface area contributed by atoms with Crippen molar-refractivity contribution >= 4 is 8.32 Å². The van der Waals surface area contributed by atoms with Crippen molar-refractivity contribution in [2.75, 3.05) is 0 Å². The van der Waals surface area contributed by atoms with E-state index in [0.29, 0.717) is 16.2 Å². The molecule has 0 atom stereocenters. The first-order chi connectivity index (χ1) is 26.6. The molecule has 0 amide bonds. The molecule has 0 heterocycles. The summed E-state index contributed by atoms with van der Waals surface area (Å²) in [5.74, 6) is 0. The van der Waals surface area contributed by atoms with Crippen molar-refractivity contribution in [1.82, 2.24) is 0 Å². The van der Waals surface area contributed by atoms with E-state index >= 15 is 0 Å². The molecule has 0 saturated heterocycles. The van der Waals surface area contributed by atoms with Crippen molar-refractivity contribution in [1.29, 1.82) is 0 Å². The third-order valence-electron chi connectivity index (χ3n) is 12.9. The Morgan fingerprint density at radius 3 is 0.482 bits per heavy atom. The third-order valence-corrected chi connectivity index (χ3v) is 16.7. The molecule has 0 aliphatic heterocycles. The molecule has 0 spiro atoms. The largest absolute Gasteiger partial charge is 0.297 e. The van der Waals surface area contributed by atoms with Crippen LogP contribution in [0, 0.1) is 16.2 Å². The van der Waals surface area contributed by atoms with Crippen molar-refractivity contribution in [2.45, 2.75) is 331 Å². The standard InChI is InChI=1S/C54H111OSi/c1-52(2,3)46-40-34-28-22-16-10-13-19-25-31-37-43-49-56(55,50-44-38-32-26-20-14-11-17-23-29-35-41-47-53(4,5)6)51-45-39-33-27-21-15-12-18-24-30-36-42-48-54(7,8)9/h10-51H2,1-9H3. The monoisotopic (exact) mass is 804 g/mol. The maximum Gasteiger partial charge on any atom is 0.237 e. The van der Waals surface area contributed by atoms with Crippen LogP contribution in [0.1, 0.15) is 313 Å². The highest BCUT2D eigenvalue weighted by Crippen LogP contribution is 2.29. The number of hydrogen-bond acceptors (Lipinski definition) is 0. The summed E-state index contributed by atoms with van der Waals surface area (Å²) >= 11 is 0. The van der Waals surface area contributed by atoms with Gasteiger partial charge in [0.2, 0.25) is 8.32 Å². The minimum absolute atomic E-state index is 0.506. The Balaban J connectivity index is 4.15. The molecule has 0 unspecified atom stereocenters. The summed E-state index contributed by atoms with van der Waals surface area (Å²) in [5.41, 5.74) is 1.52. The zero-order valence-corrected chi connectivity index (χ0v) is 42.1. The molecule has 0 aliphatic carbocycles. The Bertz CT molecular complexity index is 679. The molecule has 0 aromatic rings. The number of rotatable bonds is 42. The van der Waals surface area contributed by atoms with Crippen LogP contribution in [0.5, 0.6) is 0 Å². The maximum atomic E-state index is 14.3. The lowest BCUT2D eigenvalue weighted by atomic mass is 9.89. The van der Waals surface area contributed by atoms with Gasteiger partial charge in [-0.2, -0.15) is 0 Å². The fraction of sp³-hybridized carbons (Fsp3) is 1.00. The van der Waals surface area contributed by atoms with E-state index < -0.39 is 8.32 Å². The van der Waals surface area contributed by atoms with Gasteiger partial charge >= 0.3 is 0 Å². The second-order valence-electron chi connectivity index (χ2n) is 23.1. The summed E-state index contributed by atoms with van der Waals surface area (Å²) in [6.07, 6.45) is 54.4. The van der Waals surface area contributed by atoms with Gasteiger partial charge in [-0.15, -0.1) is 0 Å². The summed E-state index contributed by atoms with van der Waals surface area (Å²) in [4.78, 5) is 14.3. The van der Waals surface area contributed by atoms with E-state index in [1.807, 2.05) is 0 Å². The molecule has 2 heteroatoms. The van der Waals surface area contributed by atoms with Crippen molar-refractivity contribution in [3.05, 3.63) is 0 Å².